The summed E-state index contributed by atoms with van der Waals surface area (Å²) in [5, 5.41) is 9.08. The standard InChI is InChI=1S/C27H18N4S3/c32-27(28-19-13-9-17(10-14-19)25-30-21-5-1-3-7-23(21)33-25)29-20-15-11-18(12-16-20)26-31-22-6-2-4-8-24(22)34-26/h1-16H,(H2,28,29,32). The molecule has 0 spiro atoms. The molecule has 0 saturated carbocycles. The summed E-state index contributed by atoms with van der Waals surface area (Å²) in [6.45, 7) is 0. The molecule has 0 fully saturated rings. The van der Waals surface area contributed by atoms with Gasteiger partial charge in [-0.15, -0.1) is 22.7 Å². The number of thiazole rings is 2. The second kappa shape index (κ2) is 8.95. The molecule has 0 unspecified atom stereocenters. The predicted molar refractivity (Wildman–Crippen MR) is 150 cm³/mol. The van der Waals surface area contributed by atoms with Crippen molar-refractivity contribution >= 4 is 71.8 Å². The zero-order chi connectivity index (χ0) is 22.9. The van der Waals surface area contributed by atoms with E-state index in [4.69, 9.17) is 22.2 Å². The summed E-state index contributed by atoms with van der Waals surface area (Å²) in [6, 6.07) is 32.7. The van der Waals surface area contributed by atoms with Crippen molar-refractivity contribution in [3.05, 3.63) is 97.1 Å². The summed E-state index contributed by atoms with van der Waals surface area (Å²) >= 11 is 8.91. The molecule has 0 saturated heterocycles. The minimum Gasteiger partial charge on any atom is -0.332 e. The largest absolute Gasteiger partial charge is 0.332 e. The second-order valence-electron chi connectivity index (χ2n) is 7.71. The Morgan fingerprint density at radius 1 is 0.559 bits per heavy atom. The summed E-state index contributed by atoms with van der Waals surface area (Å²) in [5.74, 6) is 0. The van der Waals surface area contributed by atoms with Gasteiger partial charge in [-0.05, 0) is 85.0 Å². The molecule has 6 rings (SSSR count). The lowest BCUT2D eigenvalue weighted by Gasteiger charge is -2.11. The summed E-state index contributed by atoms with van der Waals surface area (Å²) in [4.78, 5) is 9.45. The maximum atomic E-state index is 5.52. The summed E-state index contributed by atoms with van der Waals surface area (Å²) in [5.41, 5.74) is 6.10. The highest BCUT2D eigenvalue weighted by atomic mass is 32.1. The predicted octanol–water partition coefficient (Wildman–Crippen LogP) is 8.05. The van der Waals surface area contributed by atoms with E-state index in [0.29, 0.717) is 5.11 Å². The number of para-hydroxylation sites is 2. The lowest BCUT2D eigenvalue weighted by molar-refractivity contribution is 1.47. The molecule has 6 aromatic rings. The topological polar surface area (TPSA) is 49.8 Å². The maximum Gasteiger partial charge on any atom is 0.175 e. The molecule has 0 radical (unpaired) electrons. The molecule has 2 aromatic heterocycles. The Morgan fingerprint density at radius 3 is 1.38 bits per heavy atom. The Bertz CT molecular complexity index is 1430. The first kappa shape index (κ1) is 20.9. The molecule has 2 N–H and O–H groups in total. The smallest absolute Gasteiger partial charge is 0.175 e. The van der Waals surface area contributed by atoms with Crippen LogP contribution in [0.4, 0.5) is 11.4 Å². The lowest BCUT2D eigenvalue weighted by atomic mass is 10.2. The van der Waals surface area contributed by atoms with E-state index in [0.717, 1.165) is 43.6 Å². The Morgan fingerprint density at radius 2 is 0.971 bits per heavy atom. The van der Waals surface area contributed by atoms with E-state index in [9.17, 15) is 0 Å². The molecule has 0 bridgehead atoms. The van der Waals surface area contributed by atoms with Crippen LogP contribution in [0.5, 0.6) is 0 Å². The molecule has 0 aliphatic carbocycles. The van der Waals surface area contributed by atoms with Crippen LogP contribution in [0.25, 0.3) is 41.6 Å². The van der Waals surface area contributed by atoms with Gasteiger partial charge in [0.1, 0.15) is 10.0 Å². The van der Waals surface area contributed by atoms with Crippen LogP contribution in [0.3, 0.4) is 0 Å². The Kier molecular flexibility index (Phi) is 5.50. The normalized spacial score (nSPS) is 11.1. The van der Waals surface area contributed by atoms with Crippen molar-refractivity contribution in [2.24, 2.45) is 0 Å². The minimum absolute atomic E-state index is 0.542. The Hall–Kier alpha value is -3.65. The number of nitrogens with zero attached hydrogens (tertiary/aromatic N) is 2. The van der Waals surface area contributed by atoms with Crippen molar-refractivity contribution in [2.75, 3.05) is 10.6 Å². The SMILES string of the molecule is S=C(Nc1ccc(-c2nc3ccccc3s2)cc1)Nc1ccc(-c2nc3ccccc3s2)cc1. The van der Waals surface area contributed by atoms with Gasteiger partial charge in [-0.25, -0.2) is 9.97 Å². The number of rotatable bonds is 4. The van der Waals surface area contributed by atoms with E-state index in [-0.39, 0.29) is 0 Å². The molecule has 7 heteroatoms. The fourth-order valence-electron chi connectivity index (χ4n) is 3.68. The zero-order valence-electron chi connectivity index (χ0n) is 17.9. The van der Waals surface area contributed by atoms with Gasteiger partial charge in [0.25, 0.3) is 0 Å². The maximum absolute atomic E-state index is 5.52. The van der Waals surface area contributed by atoms with E-state index in [1.54, 1.807) is 22.7 Å². The van der Waals surface area contributed by atoms with Crippen LogP contribution in [0.15, 0.2) is 97.1 Å². The first-order chi connectivity index (χ1) is 16.7. The summed E-state index contributed by atoms with van der Waals surface area (Å²) in [7, 11) is 0. The fourth-order valence-corrected chi connectivity index (χ4v) is 5.85. The number of nitrogens with one attached hydrogen (secondary N) is 2. The fraction of sp³-hybridized carbons (Fsp3) is 0. The van der Waals surface area contributed by atoms with Crippen molar-refractivity contribution in [2.45, 2.75) is 0 Å². The first-order valence-electron chi connectivity index (χ1n) is 10.7. The highest BCUT2D eigenvalue weighted by Crippen LogP contribution is 2.32. The number of aromatic nitrogens is 2. The molecule has 4 nitrogen and oxygen atoms in total. The second-order valence-corrected chi connectivity index (χ2v) is 10.2. The quantitative estimate of drug-likeness (QED) is 0.243. The third-order valence-corrected chi connectivity index (χ3v) is 7.74. The molecule has 164 valence electrons. The van der Waals surface area contributed by atoms with Gasteiger partial charge in [-0.2, -0.15) is 0 Å². The molecule has 2 heterocycles. The molecule has 0 amide bonds. The third-order valence-electron chi connectivity index (χ3n) is 5.37. The molecular formula is C27H18N4S3. The number of benzene rings is 4. The van der Waals surface area contributed by atoms with Gasteiger partial charge in [0.15, 0.2) is 5.11 Å². The van der Waals surface area contributed by atoms with Gasteiger partial charge in [0.2, 0.25) is 0 Å². The van der Waals surface area contributed by atoms with Crippen LogP contribution in [0, 0.1) is 0 Å². The van der Waals surface area contributed by atoms with Crippen molar-refractivity contribution < 1.29 is 0 Å². The number of hydrogen-bond acceptors (Lipinski definition) is 5. The van der Waals surface area contributed by atoms with Gasteiger partial charge in [-0.1, -0.05) is 24.3 Å². The molecule has 0 atom stereocenters. The summed E-state index contributed by atoms with van der Waals surface area (Å²) in [6.07, 6.45) is 0. The van der Waals surface area contributed by atoms with Crippen LogP contribution in [0.2, 0.25) is 0 Å². The molecular weight excluding hydrogens is 477 g/mol. The van der Waals surface area contributed by atoms with Gasteiger partial charge >= 0.3 is 0 Å². The monoisotopic (exact) mass is 494 g/mol. The number of hydrogen-bond donors (Lipinski definition) is 2. The van der Waals surface area contributed by atoms with Gasteiger partial charge < -0.3 is 10.6 Å². The van der Waals surface area contributed by atoms with E-state index < -0.39 is 0 Å². The number of fused-ring (bicyclic) bond motifs is 2. The summed E-state index contributed by atoms with van der Waals surface area (Å²) < 4.78 is 2.39. The molecule has 34 heavy (non-hydrogen) atoms. The highest BCUT2D eigenvalue weighted by molar-refractivity contribution is 7.80. The van der Waals surface area contributed by atoms with Crippen LogP contribution >= 0.6 is 34.9 Å². The molecule has 4 aromatic carbocycles. The minimum atomic E-state index is 0.542. The van der Waals surface area contributed by atoms with Crippen LogP contribution in [0.1, 0.15) is 0 Å². The van der Waals surface area contributed by atoms with Gasteiger partial charge in [0.05, 0.1) is 20.4 Å². The molecule has 0 aliphatic rings. The molecule has 0 aliphatic heterocycles. The van der Waals surface area contributed by atoms with Crippen molar-refractivity contribution in [1.82, 2.24) is 9.97 Å². The zero-order valence-corrected chi connectivity index (χ0v) is 20.3. The van der Waals surface area contributed by atoms with E-state index in [2.05, 4.69) is 47.0 Å². The van der Waals surface area contributed by atoms with Gasteiger partial charge in [-0.3, -0.25) is 0 Å². The number of thiocarbonyl (C=S) groups is 1. The van der Waals surface area contributed by atoms with Crippen molar-refractivity contribution in [1.29, 1.82) is 0 Å². The average Bonchev–Trinajstić information content (AvgIpc) is 3.49. The Labute approximate surface area is 210 Å². The van der Waals surface area contributed by atoms with Crippen molar-refractivity contribution in [3.63, 3.8) is 0 Å². The van der Waals surface area contributed by atoms with Crippen LogP contribution < -0.4 is 10.6 Å². The van der Waals surface area contributed by atoms with E-state index in [1.807, 2.05) is 60.7 Å². The van der Waals surface area contributed by atoms with Gasteiger partial charge in [0, 0.05) is 22.5 Å². The van der Waals surface area contributed by atoms with Crippen LogP contribution in [-0.2, 0) is 0 Å². The lowest BCUT2D eigenvalue weighted by Crippen LogP contribution is -2.18. The van der Waals surface area contributed by atoms with Crippen LogP contribution in [-0.4, -0.2) is 15.1 Å². The Balaban J connectivity index is 1.11. The van der Waals surface area contributed by atoms with E-state index >= 15 is 0 Å². The third kappa shape index (κ3) is 4.28. The highest BCUT2D eigenvalue weighted by Gasteiger charge is 2.08. The first-order valence-corrected chi connectivity index (χ1v) is 12.8. The van der Waals surface area contributed by atoms with Crippen molar-refractivity contribution in [3.8, 4) is 21.1 Å². The number of anilines is 2. The average molecular weight is 495 g/mol. The van der Waals surface area contributed by atoms with E-state index in [1.165, 1.54) is 9.40 Å².